The molecule has 3 rings (SSSR count). The quantitative estimate of drug-likeness (QED) is 0.537. The average molecular weight is 407 g/mol. The van der Waals surface area contributed by atoms with Crippen LogP contribution in [0.3, 0.4) is 0 Å². The molecule has 2 aromatic rings. The fourth-order valence-electron chi connectivity index (χ4n) is 3.39. The summed E-state index contributed by atoms with van der Waals surface area (Å²) in [6.07, 6.45) is 1.66. The van der Waals surface area contributed by atoms with Crippen LogP contribution >= 0.6 is 0 Å². The number of nitrogens with zero attached hydrogens (tertiary/aromatic N) is 1. The maximum atomic E-state index is 13.3. The van der Waals surface area contributed by atoms with E-state index in [1.807, 2.05) is 31.2 Å². The molecule has 30 heavy (non-hydrogen) atoms. The van der Waals surface area contributed by atoms with Crippen molar-refractivity contribution in [3.63, 3.8) is 0 Å². The Bertz CT molecular complexity index is 1030. The second kappa shape index (κ2) is 8.86. The minimum atomic E-state index is -0.550. The van der Waals surface area contributed by atoms with Crippen molar-refractivity contribution in [2.75, 3.05) is 21.3 Å². The summed E-state index contributed by atoms with van der Waals surface area (Å²) in [5.74, 6) is 0.360. The lowest BCUT2D eigenvalue weighted by molar-refractivity contribution is -0.136. The molecule has 0 aliphatic carbocycles. The summed E-state index contributed by atoms with van der Waals surface area (Å²) in [6, 6.07) is 13.2. The number of allylic oxidation sites excluding steroid dienone is 1. The Labute approximate surface area is 176 Å². The molecule has 156 valence electrons. The van der Waals surface area contributed by atoms with Gasteiger partial charge >= 0.3 is 5.97 Å². The number of aryl methyl sites for hydroxylation is 1. The largest absolute Gasteiger partial charge is 0.497 e. The van der Waals surface area contributed by atoms with E-state index in [4.69, 9.17) is 14.2 Å². The molecule has 1 aliphatic heterocycles. The van der Waals surface area contributed by atoms with Gasteiger partial charge in [0.25, 0.3) is 5.91 Å². The molecule has 0 unspecified atom stereocenters. The van der Waals surface area contributed by atoms with E-state index in [2.05, 4.69) is 0 Å². The first-order chi connectivity index (χ1) is 14.4. The van der Waals surface area contributed by atoms with Gasteiger partial charge in [-0.3, -0.25) is 4.79 Å². The van der Waals surface area contributed by atoms with Gasteiger partial charge in [0.05, 0.1) is 39.0 Å². The van der Waals surface area contributed by atoms with Crippen LogP contribution in [0.25, 0.3) is 6.08 Å². The molecule has 0 atom stereocenters. The summed E-state index contributed by atoms with van der Waals surface area (Å²) in [7, 11) is 4.42. The van der Waals surface area contributed by atoms with Crippen LogP contribution < -0.4 is 9.47 Å². The summed E-state index contributed by atoms with van der Waals surface area (Å²) >= 11 is 0. The Morgan fingerprint density at radius 3 is 2.30 bits per heavy atom. The number of esters is 1. The van der Waals surface area contributed by atoms with E-state index in [0.29, 0.717) is 29.3 Å². The second-order valence-electron chi connectivity index (χ2n) is 6.99. The van der Waals surface area contributed by atoms with Crippen molar-refractivity contribution >= 4 is 18.0 Å². The number of carbonyl (C=O) groups excluding carboxylic acids is 2. The smallest absolute Gasteiger partial charge is 0.340 e. The maximum Gasteiger partial charge on any atom is 0.340 e. The average Bonchev–Trinajstić information content (AvgIpc) is 2.99. The highest BCUT2D eigenvalue weighted by molar-refractivity contribution is 6.16. The molecule has 0 spiro atoms. The highest BCUT2D eigenvalue weighted by Gasteiger charge is 2.37. The molecule has 0 saturated heterocycles. The van der Waals surface area contributed by atoms with Crippen molar-refractivity contribution in [3.05, 3.63) is 76.0 Å². The van der Waals surface area contributed by atoms with Crippen molar-refractivity contribution in [2.45, 2.75) is 20.4 Å². The fraction of sp³-hybridized carbons (Fsp3) is 0.250. The minimum Gasteiger partial charge on any atom is -0.497 e. The van der Waals surface area contributed by atoms with Crippen LogP contribution in [-0.2, 0) is 20.9 Å². The minimum absolute atomic E-state index is 0.257. The summed E-state index contributed by atoms with van der Waals surface area (Å²) in [6.45, 7) is 4.13. The van der Waals surface area contributed by atoms with Gasteiger partial charge in [-0.05, 0) is 37.6 Å². The molecule has 1 heterocycles. The zero-order valence-electron chi connectivity index (χ0n) is 17.8. The molecule has 1 amide bonds. The number of hydrogen-bond acceptors (Lipinski definition) is 5. The van der Waals surface area contributed by atoms with Crippen LogP contribution in [0.2, 0.25) is 0 Å². The Kier molecular flexibility index (Phi) is 6.26. The van der Waals surface area contributed by atoms with Gasteiger partial charge in [0.15, 0.2) is 0 Å². The molecule has 0 saturated carbocycles. The summed E-state index contributed by atoms with van der Waals surface area (Å²) in [5.41, 5.74) is 3.86. The van der Waals surface area contributed by atoms with E-state index >= 15 is 0 Å². The van der Waals surface area contributed by atoms with Crippen LogP contribution in [-0.4, -0.2) is 38.1 Å². The zero-order valence-corrected chi connectivity index (χ0v) is 17.8. The standard InChI is InChI=1S/C24H25NO5/c1-15-6-8-17(9-7-15)14-25-16(2)22(24(27)30-5)20(23(25)26)12-18-10-11-19(28-3)13-21(18)29-4/h6-13H,14H2,1-5H3/b20-12-. The third-order valence-electron chi connectivity index (χ3n) is 5.10. The van der Waals surface area contributed by atoms with Crippen molar-refractivity contribution in [1.29, 1.82) is 0 Å². The van der Waals surface area contributed by atoms with E-state index < -0.39 is 5.97 Å². The lowest BCUT2D eigenvalue weighted by Gasteiger charge is -2.18. The number of carbonyl (C=O) groups is 2. The molecule has 0 aromatic heterocycles. The van der Waals surface area contributed by atoms with Gasteiger partial charge in [0.2, 0.25) is 0 Å². The first kappa shape index (κ1) is 21.2. The highest BCUT2D eigenvalue weighted by Crippen LogP contribution is 2.35. The lowest BCUT2D eigenvalue weighted by atomic mass is 10.0. The van der Waals surface area contributed by atoms with Crippen molar-refractivity contribution in [3.8, 4) is 11.5 Å². The van der Waals surface area contributed by atoms with Crippen molar-refractivity contribution < 1.29 is 23.8 Å². The summed E-state index contributed by atoms with van der Waals surface area (Å²) in [4.78, 5) is 27.4. The van der Waals surface area contributed by atoms with Gasteiger partial charge in [-0.15, -0.1) is 0 Å². The van der Waals surface area contributed by atoms with Gasteiger partial charge in [-0.2, -0.15) is 0 Å². The Hall–Kier alpha value is -3.54. The molecule has 2 aromatic carbocycles. The molecular formula is C24H25NO5. The van der Waals surface area contributed by atoms with Crippen LogP contribution in [0.5, 0.6) is 11.5 Å². The van der Waals surface area contributed by atoms with Gasteiger partial charge in [-0.25, -0.2) is 4.79 Å². The Morgan fingerprint density at radius 1 is 1.00 bits per heavy atom. The van der Waals surface area contributed by atoms with Crippen LogP contribution in [0, 0.1) is 6.92 Å². The van der Waals surface area contributed by atoms with Crippen LogP contribution in [0.1, 0.15) is 23.6 Å². The fourth-order valence-corrected chi connectivity index (χ4v) is 3.39. The van der Waals surface area contributed by atoms with E-state index in [1.165, 1.54) is 7.11 Å². The number of hydrogen-bond donors (Lipinski definition) is 0. The van der Waals surface area contributed by atoms with Crippen molar-refractivity contribution in [2.24, 2.45) is 0 Å². The normalized spacial score (nSPS) is 15.0. The molecule has 0 bridgehead atoms. The lowest BCUT2D eigenvalue weighted by Crippen LogP contribution is -2.24. The topological polar surface area (TPSA) is 65.1 Å². The Morgan fingerprint density at radius 2 is 1.70 bits per heavy atom. The zero-order chi connectivity index (χ0) is 21.8. The number of amides is 1. The maximum absolute atomic E-state index is 13.3. The predicted molar refractivity (Wildman–Crippen MR) is 114 cm³/mol. The molecule has 6 heteroatoms. The van der Waals surface area contributed by atoms with Gasteiger partial charge in [-0.1, -0.05) is 29.8 Å². The molecule has 0 fully saturated rings. The SMILES string of the molecule is COC(=O)C1=C(C)N(Cc2ccc(C)cc2)C(=O)/C1=C\c1ccc(OC)cc1OC. The molecular weight excluding hydrogens is 382 g/mol. The third kappa shape index (κ3) is 4.08. The third-order valence-corrected chi connectivity index (χ3v) is 5.10. The highest BCUT2D eigenvalue weighted by atomic mass is 16.5. The first-order valence-corrected chi connectivity index (χ1v) is 9.50. The second-order valence-corrected chi connectivity index (χ2v) is 6.99. The molecule has 1 aliphatic rings. The van der Waals surface area contributed by atoms with E-state index in [1.54, 1.807) is 50.3 Å². The van der Waals surface area contributed by atoms with E-state index in [-0.39, 0.29) is 17.1 Å². The number of ether oxygens (including phenoxy) is 3. The van der Waals surface area contributed by atoms with Crippen molar-refractivity contribution in [1.82, 2.24) is 4.90 Å². The summed E-state index contributed by atoms with van der Waals surface area (Å²) in [5, 5.41) is 0. The Balaban J connectivity index is 2.05. The number of benzene rings is 2. The van der Waals surface area contributed by atoms with Gasteiger partial charge in [0.1, 0.15) is 11.5 Å². The monoisotopic (exact) mass is 407 g/mol. The van der Waals surface area contributed by atoms with Gasteiger partial charge < -0.3 is 19.1 Å². The first-order valence-electron chi connectivity index (χ1n) is 9.50. The molecule has 6 nitrogen and oxygen atoms in total. The number of rotatable bonds is 6. The van der Waals surface area contributed by atoms with E-state index in [0.717, 1.165) is 11.1 Å². The summed E-state index contributed by atoms with van der Waals surface area (Å²) < 4.78 is 15.6. The molecule has 0 N–H and O–H groups in total. The van der Waals surface area contributed by atoms with Crippen LogP contribution in [0.15, 0.2) is 59.3 Å². The predicted octanol–water partition coefficient (Wildman–Crippen LogP) is 3.89. The number of methoxy groups -OCH3 is 3. The molecule has 0 radical (unpaired) electrons. The van der Waals surface area contributed by atoms with E-state index in [9.17, 15) is 9.59 Å². The van der Waals surface area contributed by atoms with Crippen LogP contribution in [0.4, 0.5) is 0 Å². The van der Waals surface area contributed by atoms with Gasteiger partial charge in [0, 0.05) is 17.3 Å².